The van der Waals surface area contributed by atoms with Crippen LogP contribution >= 0.6 is 23.2 Å². The minimum atomic E-state index is -4.05. The molecule has 0 saturated heterocycles. The predicted molar refractivity (Wildman–Crippen MR) is 136 cm³/mol. The summed E-state index contributed by atoms with van der Waals surface area (Å²) in [6, 6.07) is 20.0. The molecule has 9 heteroatoms. The summed E-state index contributed by atoms with van der Waals surface area (Å²) in [4.78, 5) is 12.8. The normalized spacial score (nSPS) is 11.3. The number of halogens is 2. The highest BCUT2D eigenvalue weighted by atomic mass is 35.5. The van der Waals surface area contributed by atoms with Crippen LogP contribution in [-0.4, -0.2) is 34.0 Å². The lowest BCUT2D eigenvalue weighted by molar-refractivity contribution is -0.119. The van der Waals surface area contributed by atoms with Crippen molar-refractivity contribution in [1.82, 2.24) is 5.32 Å². The van der Waals surface area contributed by atoms with E-state index in [1.54, 1.807) is 18.2 Å². The van der Waals surface area contributed by atoms with Crippen LogP contribution in [-0.2, 0) is 14.8 Å². The quantitative estimate of drug-likeness (QED) is 0.357. The van der Waals surface area contributed by atoms with Crippen molar-refractivity contribution in [2.24, 2.45) is 0 Å². The van der Waals surface area contributed by atoms with Gasteiger partial charge in [0.05, 0.1) is 17.1 Å². The summed E-state index contributed by atoms with van der Waals surface area (Å²) in [5.74, 6) is 0.567. The Kier molecular flexibility index (Phi) is 8.83. The van der Waals surface area contributed by atoms with Crippen molar-refractivity contribution in [1.29, 1.82) is 0 Å². The average Bonchev–Trinajstić information content (AvgIpc) is 2.80. The van der Waals surface area contributed by atoms with Crippen LogP contribution in [0.3, 0.4) is 0 Å². The molecule has 0 unspecified atom stereocenters. The molecule has 0 aliphatic rings. The van der Waals surface area contributed by atoms with Gasteiger partial charge in [-0.2, -0.15) is 0 Å². The number of sulfonamides is 1. The maximum Gasteiger partial charge on any atom is 0.264 e. The number of amides is 1. The first-order valence-electron chi connectivity index (χ1n) is 10.7. The molecule has 0 spiro atoms. The fourth-order valence-corrected chi connectivity index (χ4v) is 5.28. The van der Waals surface area contributed by atoms with Crippen LogP contribution in [0, 0.1) is 0 Å². The summed E-state index contributed by atoms with van der Waals surface area (Å²) in [5.41, 5.74) is 1.27. The second-order valence-corrected chi connectivity index (χ2v) is 10.6. The van der Waals surface area contributed by atoms with E-state index in [1.807, 2.05) is 24.3 Å². The zero-order valence-electron chi connectivity index (χ0n) is 18.9. The van der Waals surface area contributed by atoms with Gasteiger partial charge in [0.15, 0.2) is 0 Å². The third-order valence-corrected chi connectivity index (χ3v) is 7.20. The van der Waals surface area contributed by atoms with E-state index in [1.165, 1.54) is 30.3 Å². The van der Waals surface area contributed by atoms with E-state index in [-0.39, 0.29) is 33.8 Å². The smallest absolute Gasteiger partial charge is 0.264 e. The molecule has 0 aliphatic heterocycles. The number of rotatable bonds is 10. The Morgan fingerprint density at radius 3 is 2.24 bits per heavy atom. The van der Waals surface area contributed by atoms with Gasteiger partial charge in [-0.1, -0.05) is 73.4 Å². The predicted octanol–water partition coefficient (Wildman–Crippen LogP) is 5.51. The van der Waals surface area contributed by atoms with Crippen LogP contribution in [0.15, 0.2) is 77.7 Å². The van der Waals surface area contributed by atoms with E-state index >= 15 is 0 Å². The van der Waals surface area contributed by atoms with Crippen LogP contribution in [0.25, 0.3) is 0 Å². The molecule has 0 atom stereocenters. The SMILES string of the molecule is CC(C)c1ccccc1OCCNC(=O)CN(c1cc(Cl)cc(Cl)c1)S(=O)(=O)c1ccccc1. The van der Waals surface area contributed by atoms with Gasteiger partial charge in [-0.25, -0.2) is 8.42 Å². The van der Waals surface area contributed by atoms with Crippen molar-refractivity contribution in [3.05, 3.63) is 88.4 Å². The summed E-state index contributed by atoms with van der Waals surface area (Å²) in [5, 5.41) is 3.23. The van der Waals surface area contributed by atoms with Crippen LogP contribution in [0.2, 0.25) is 10.0 Å². The maximum atomic E-state index is 13.3. The Morgan fingerprint density at radius 2 is 1.59 bits per heavy atom. The zero-order chi connectivity index (χ0) is 24.7. The van der Waals surface area contributed by atoms with Gasteiger partial charge in [0.2, 0.25) is 5.91 Å². The van der Waals surface area contributed by atoms with Gasteiger partial charge < -0.3 is 10.1 Å². The maximum absolute atomic E-state index is 13.3. The van der Waals surface area contributed by atoms with Crippen LogP contribution in [0.4, 0.5) is 5.69 Å². The Labute approximate surface area is 210 Å². The van der Waals surface area contributed by atoms with E-state index in [2.05, 4.69) is 19.2 Å². The summed E-state index contributed by atoms with van der Waals surface area (Å²) in [7, 11) is -4.05. The lowest BCUT2D eigenvalue weighted by atomic mass is 10.0. The molecule has 0 heterocycles. The molecule has 0 radical (unpaired) electrons. The number of anilines is 1. The van der Waals surface area contributed by atoms with E-state index in [9.17, 15) is 13.2 Å². The molecule has 180 valence electrons. The highest BCUT2D eigenvalue weighted by Crippen LogP contribution is 2.29. The minimum absolute atomic E-state index is 0.0486. The number of ether oxygens (including phenoxy) is 1. The minimum Gasteiger partial charge on any atom is -0.491 e. The number of carbonyl (C=O) groups is 1. The number of benzene rings is 3. The van der Waals surface area contributed by atoms with Gasteiger partial charge in [0, 0.05) is 10.0 Å². The number of carbonyl (C=O) groups excluding carboxylic acids is 1. The van der Waals surface area contributed by atoms with Crippen molar-refractivity contribution in [2.75, 3.05) is 24.0 Å². The van der Waals surface area contributed by atoms with Crippen molar-refractivity contribution >= 4 is 44.8 Å². The fraction of sp³-hybridized carbons (Fsp3) is 0.240. The first kappa shape index (κ1) is 25.9. The molecule has 6 nitrogen and oxygen atoms in total. The summed E-state index contributed by atoms with van der Waals surface area (Å²) in [6.07, 6.45) is 0. The Hall–Kier alpha value is -2.74. The van der Waals surface area contributed by atoms with Crippen molar-refractivity contribution in [3.8, 4) is 5.75 Å². The zero-order valence-corrected chi connectivity index (χ0v) is 21.2. The number of hydrogen-bond donors (Lipinski definition) is 1. The molecular formula is C25H26Cl2N2O4S. The molecule has 0 bridgehead atoms. The highest BCUT2D eigenvalue weighted by Gasteiger charge is 2.27. The second kappa shape index (κ2) is 11.6. The topological polar surface area (TPSA) is 75.7 Å². The van der Waals surface area contributed by atoms with Crippen molar-refractivity contribution < 1.29 is 17.9 Å². The molecule has 1 amide bonds. The van der Waals surface area contributed by atoms with Gasteiger partial charge in [-0.05, 0) is 47.9 Å². The van der Waals surface area contributed by atoms with Gasteiger partial charge >= 0.3 is 0 Å². The summed E-state index contributed by atoms with van der Waals surface area (Å²) < 4.78 is 33.5. The lowest BCUT2D eigenvalue weighted by Crippen LogP contribution is -2.42. The first-order valence-corrected chi connectivity index (χ1v) is 12.9. The molecular weight excluding hydrogens is 495 g/mol. The standard InChI is InChI=1S/C25H26Cl2N2O4S/c1-18(2)23-10-6-7-11-24(23)33-13-12-28-25(30)17-29(21-15-19(26)14-20(27)16-21)34(31,32)22-8-4-3-5-9-22/h3-11,14-16,18H,12-13,17H2,1-2H3,(H,28,30). The molecule has 34 heavy (non-hydrogen) atoms. The fourth-order valence-electron chi connectivity index (χ4n) is 3.34. The molecule has 3 aromatic rings. The largest absolute Gasteiger partial charge is 0.491 e. The molecule has 3 rings (SSSR count). The van der Waals surface area contributed by atoms with Crippen molar-refractivity contribution in [3.63, 3.8) is 0 Å². The second-order valence-electron chi connectivity index (χ2n) is 7.84. The molecule has 1 N–H and O–H groups in total. The third-order valence-electron chi connectivity index (χ3n) is 4.98. The average molecular weight is 521 g/mol. The van der Waals surface area contributed by atoms with E-state index < -0.39 is 22.5 Å². The van der Waals surface area contributed by atoms with Gasteiger partial charge in [-0.3, -0.25) is 9.10 Å². The Bertz CT molecular complexity index is 1210. The van der Waals surface area contributed by atoms with Crippen LogP contribution < -0.4 is 14.4 Å². The van der Waals surface area contributed by atoms with Gasteiger partial charge in [-0.15, -0.1) is 0 Å². The lowest BCUT2D eigenvalue weighted by Gasteiger charge is -2.24. The molecule has 0 fully saturated rings. The van der Waals surface area contributed by atoms with Crippen LogP contribution in [0.5, 0.6) is 5.75 Å². The summed E-state index contributed by atoms with van der Waals surface area (Å²) >= 11 is 12.2. The molecule has 0 aromatic heterocycles. The first-order chi connectivity index (χ1) is 16.2. The summed E-state index contributed by atoms with van der Waals surface area (Å²) in [6.45, 7) is 4.16. The molecule has 0 saturated carbocycles. The highest BCUT2D eigenvalue weighted by molar-refractivity contribution is 7.92. The van der Waals surface area contributed by atoms with E-state index in [0.29, 0.717) is 5.92 Å². The van der Waals surface area contributed by atoms with Crippen molar-refractivity contribution in [2.45, 2.75) is 24.7 Å². The Morgan fingerprint density at radius 1 is 0.971 bits per heavy atom. The number of nitrogens with zero attached hydrogens (tertiary/aromatic N) is 1. The molecule has 3 aromatic carbocycles. The number of nitrogens with one attached hydrogen (secondary N) is 1. The van der Waals surface area contributed by atoms with E-state index in [4.69, 9.17) is 27.9 Å². The third kappa shape index (κ3) is 6.65. The number of para-hydroxylation sites is 1. The molecule has 0 aliphatic carbocycles. The van der Waals surface area contributed by atoms with Crippen LogP contribution in [0.1, 0.15) is 25.3 Å². The monoisotopic (exact) mass is 520 g/mol. The number of hydrogen-bond acceptors (Lipinski definition) is 4. The van der Waals surface area contributed by atoms with Gasteiger partial charge in [0.1, 0.15) is 18.9 Å². The van der Waals surface area contributed by atoms with Gasteiger partial charge in [0.25, 0.3) is 10.0 Å². The Balaban J connectivity index is 1.72. The van der Waals surface area contributed by atoms with E-state index in [0.717, 1.165) is 15.6 Å².